The van der Waals surface area contributed by atoms with Gasteiger partial charge in [-0.3, -0.25) is 4.79 Å². The quantitative estimate of drug-likeness (QED) is 0.653. The maximum atomic E-state index is 11.8. The van der Waals surface area contributed by atoms with Crippen LogP contribution in [-0.2, 0) is 18.3 Å². The molecule has 0 aliphatic carbocycles. The first-order valence-electron chi connectivity index (χ1n) is 6.78. The fourth-order valence-corrected chi connectivity index (χ4v) is 2.00. The molecule has 2 rings (SSSR count). The Morgan fingerprint density at radius 3 is 2.77 bits per heavy atom. The number of ether oxygens (including phenoxy) is 2. The third-order valence-electron chi connectivity index (χ3n) is 3.22. The second-order valence-electron chi connectivity index (χ2n) is 4.69. The molecule has 6 heteroatoms. The number of nitrogens with zero attached hydrogens (tertiary/aromatic N) is 2. The molecule has 0 aliphatic heterocycles. The van der Waals surface area contributed by atoms with E-state index in [-0.39, 0.29) is 12.3 Å². The fraction of sp³-hybridized carbons (Fsp3) is 0.250. The van der Waals surface area contributed by atoms with Crippen LogP contribution in [0.2, 0.25) is 0 Å². The number of methoxy groups -OCH3 is 2. The molecular weight excluding hydrogens is 282 g/mol. The van der Waals surface area contributed by atoms with E-state index in [1.54, 1.807) is 32.4 Å². The Kier molecular flexibility index (Phi) is 5.19. The summed E-state index contributed by atoms with van der Waals surface area (Å²) in [5, 5.41) is 3.97. The number of hydrogen-bond donors (Lipinski definition) is 1. The third-order valence-corrected chi connectivity index (χ3v) is 3.22. The number of hydrazone groups is 1. The Hall–Kier alpha value is -2.76. The van der Waals surface area contributed by atoms with Gasteiger partial charge in [0.15, 0.2) is 0 Å². The number of amides is 1. The zero-order valence-corrected chi connectivity index (χ0v) is 12.9. The van der Waals surface area contributed by atoms with Gasteiger partial charge in [0, 0.05) is 24.5 Å². The standard InChI is InChI=1S/C16H19N3O3/c1-19-8-4-5-13(19)10-16(20)18-17-11-12-9-14(21-2)6-7-15(12)22-3/h4-9,11H,10H2,1-3H3,(H,18,20)/b17-11-. The number of aryl methyl sites for hydroxylation is 1. The summed E-state index contributed by atoms with van der Waals surface area (Å²) in [7, 11) is 5.06. The Balaban J connectivity index is 2.00. The predicted molar refractivity (Wildman–Crippen MR) is 84.4 cm³/mol. The lowest BCUT2D eigenvalue weighted by Gasteiger charge is -2.07. The molecule has 0 unspecified atom stereocenters. The lowest BCUT2D eigenvalue weighted by molar-refractivity contribution is -0.120. The molecule has 1 heterocycles. The first-order chi connectivity index (χ1) is 10.6. The van der Waals surface area contributed by atoms with Crippen molar-refractivity contribution in [3.63, 3.8) is 0 Å². The summed E-state index contributed by atoms with van der Waals surface area (Å²) in [6.45, 7) is 0. The van der Waals surface area contributed by atoms with E-state index >= 15 is 0 Å². The van der Waals surface area contributed by atoms with Crippen LogP contribution in [0.3, 0.4) is 0 Å². The van der Waals surface area contributed by atoms with E-state index in [1.807, 2.05) is 29.9 Å². The molecule has 22 heavy (non-hydrogen) atoms. The van der Waals surface area contributed by atoms with Gasteiger partial charge < -0.3 is 14.0 Å². The van der Waals surface area contributed by atoms with Crippen LogP contribution in [0.15, 0.2) is 41.6 Å². The molecular formula is C16H19N3O3. The van der Waals surface area contributed by atoms with Crippen molar-refractivity contribution >= 4 is 12.1 Å². The highest BCUT2D eigenvalue weighted by molar-refractivity contribution is 5.86. The van der Waals surface area contributed by atoms with E-state index in [4.69, 9.17) is 9.47 Å². The summed E-state index contributed by atoms with van der Waals surface area (Å²) in [6.07, 6.45) is 3.70. The molecule has 0 bridgehead atoms. The Morgan fingerprint density at radius 2 is 2.14 bits per heavy atom. The number of carbonyl (C=O) groups excluding carboxylic acids is 1. The third kappa shape index (κ3) is 3.88. The number of nitrogens with one attached hydrogen (secondary N) is 1. The van der Waals surface area contributed by atoms with Crippen molar-refractivity contribution < 1.29 is 14.3 Å². The molecule has 0 fully saturated rings. The van der Waals surface area contributed by atoms with Gasteiger partial charge in [-0.05, 0) is 30.3 Å². The van der Waals surface area contributed by atoms with E-state index in [1.165, 1.54) is 6.21 Å². The van der Waals surface area contributed by atoms with E-state index in [0.29, 0.717) is 11.5 Å². The van der Waals surface area contributed by atoms with Crippen molar-refractivity contribution in [1.29, 1.82) is 0 Å². The van der Waals surface area contributed by atoms with Crippen LogP contribution < -0.4 is 14.9 Å². The number of hydrogen-bond acceptors (Lipinski definition) is 4. The monoisotopic (exact) mass is 301 g/mol. The van der Waals surface area contributed by atoms with E-state index in [2.05, 4.69) is 10.5 Å². The SMILES string of the molecule is COc1ccc(OC)c(/C=N\NC(=O)Cc2cccn2C)c1. The Morgan fingerprint density at radius 1 is 1.32 bits per heavy atom. The van der Waals surface area contributed by atoms with Gasteiger partial charge in [-0.25, -0.2) is 5.43 Å². The predicted octanol–water partition coefficient (Wildman–Crippen LogP) is 1.74. The van der Waals surface area contributed by atoms with Crippen molar-refractivity contribution in [2.45, 2.75) is 6.42 Å². The van der Waals surface area contributed by atoms with Crippen molar-refractivity contribution in [2.75, 3.05) is 14.2 Å². The molecule has 0 saturated heterocycles. The smallest absolute Gasteiger partial charge is 0.245 e. The van der Waals surface area contributed by atoms with Gasteiger partial charge in [0.2, 0.25) is 5.91 Å². The zero-order valence-electron chi connectivity index (χ0n) is 12.9. The number of aromatic nitrogens is 1. The molecule has 0 saturated carbocycles. The average Bonchev–Trinajstić information content (AvgIpc) is 2.92. The van der Waals surface area contributed by atoms with Gasteiger partial charge >= 0.3 is 0 Å². The summed E-state index contributed by atoms with van der Waals surface area (Å²) >= 11 is 0. The van der Waals surface area contributed by atoms with Crippen molar-refractivity contribution in [2.24, 2.45) is 12.1 Å². The van der Waals surface area contributed by atoms with E-state index in [0.717, 1.165) is 11.3 Å². The number of benzene rings is 1. The lowest BCUT2D eigenvalue weighted by Crippen LogP contribution is -2.20. The Bertz CT molecular complexity index is 677. The van der Waals surface area contributed by atoms with Crippen LogP contribution in [-0.4, -0.2) is 30.9 Å². The zero-order chi connectivity index (χ0) is 15.9. The first kappa shape index (κ1) is 15.6. The molecule has 0 spiro atoms. The summed E-state index contributed by atoms with van der Waals surface area (Å²) in [5.41, 5.74) is 4.15. The summed E-state index contributed by atoms with van der Waals surface area (Å²) in [4.78, 5) is 11.8. The van der Waals surface area contributed by atoms with E-state index in [9.17, 15) is 4.79 Å². The van der Waals surface area contributed by atoms with E-state index < -0.39 is 0 Å². The highest BCUT2D eigenvalue weighted by atomic mass is 16.5. The minimum atomic E-state index is -0.181. The number of rotatable bonds is 6. The topological polar surface area (TPSA) is 64.8 Å². The summed E-state index contributed by atoms with van der Waals surface area (Å²) in [6, 6.07) is 9.16. The van der Waals surface area contributed by atoms with Gasteiger partial charge in [-0.1, -0.05) is 0 Å². The largest absolute Gasteiger partial charge is 0.497 e. The van der Waals surface area contributed by atoms with Crippen LogP contribution in [0, 0.1) is 0 Å². The second-order valence-corrected chi connectivity index (χ2v) is 4.69. The van der Waals surface area contributed by atoms with Gasteiger partial charge in [0.1, 0.15) is 11.5 Å². The van der Waals surface area contributed by atoms with Crippen molar-refractivity contribution in [3.05, 3.63) is 47.8 Å². The highest BCUT2D eigenvalue weighted by Gasteiger charge is 2.05. The summed E-state index contributed by atoms with van der Waals surface area (Å²) in [5.74, 6) is 1.17. The number of carbonyl (C=O) groups is 1. The maximum Gasteiger partial charge on any atom is 0.245 e. The normalized spacial score (nSPS) is 10.7. The molecule has 6 nitrogen and oxygen atoms in total. The molecule has 116 valence electrons. The van der Waals surface area contributed by atoms with Crippen LogP contribution >= 0.6 is 0 Å². The average molecular weight is 301 g/mol. The van der Waals surface area contributed by atoms with Gasteiger partial charge in [0.05, 0.1) is 26.9 Å². The highest BCUT2D eigenvalue weighted by Crippen LogP contribution is 2.22. The summed E-state index contributed by atoms with van der Waals surface area (Å²) < 4.78 is 12.3. The molecule has 2 aromatic rings. The van der Waals surface area contributed by atoms with Crippen LogP contribution in [0.25, 0.3) is 0 Å². The van der Waals surface area contributed by atoms with Crippen molar-refractivity contribution in [1.82, 2.24) is 9.99 Å². The van der Waals surface area contributed by atoms with Gasteiger partial charge in [-0.2, -0.15) is 5.10 Å². The minimum absolute atomic E-state index is 0.181. The Labute approximate surface area is 129 Å². The first-order valence-corrected chi connectivity index (χ1v) is 6.78. The molecule has 0 radical (unpaired) electrons. The van der Waals surface area contributed by atoms with Crippen LogP contribution in [0.4, 0.5) is 0 Å². The lowest BCUT2D eigenvalue weighted by atomic mass is 10.2. The fourth-order valence-electron chi connectivity index (χ4n) is 2.00. The molecule has 1 aromatic heterocycles. The van der Waals surface area contributed by atoms with Crippen LogP contribution in [0.1, 0.15) is 11.3 Å². The molecule has 1 aromatic carbocycles. The van der Waals surface area contributed by atoms with Gasteiger partial charge in [-0.15, -0.1) is 0 Å². The minimum Gasteiger partial charge on any atom is -0.497 e. The van der Waals surface area contributed by atoms with Gasteiger partial charge in [0.25, 0.3) is 0 Å². The molecule has 0 aliphatic rings. The molecule has 1 N–H and O–H groups in total. The molecule has 0 atom stereocenters. The van der Waals surface area contributed by atoms with Crippen molar-refractivity contribution in [3.8, 4) is 11.5 Å². The second kappa shape index (κ2) is 7.31. The van der Waals surface area contributed by atoms with Crippen LogP contribution in [0.5, 0.6) is 11.5 Å². The molecule has 1 amide bonds. The maximum absolute atomic E-state index is 11.8.